The van der Waals surface area contributed by atoms with Gasteiger partial charge in [0.1, 0.15) is 5.82 Å². The summed E-state index contributed by atoms with van der Waals surface area (Å²) in [6.07, 6.45) is -2.12. The van der Waals surface area contributed by atoms with Gasteiger partial charge in [-0.25, -0.2) is 13.6 Å². The number of halogens is 4. The highest BCUT2D eigenvalue weighted by molar-refractivity contribution is 6.30. The Morgan fingerprint density at radius 3 is 2.72 bits per heavy atom. The lowest BCUT2D eigenvalue weighted by molar-refractivity contribution is -0.149. The Bertz CT molecular complexity index is 418. The number of alkyl halides is 1. The normalized spacial score (nSPS) is 13.4. The standard InChI is InChI=1S/C11H12ClF2NO2.ClH/c1-2-17-11(16)9(14)10(15)7-5-6(12)3-4-8(7)13;/h3-5,9-10H,2,15H2,1H3;1H/t9?,10-;/m0./s1. The van der Waals surface area contributed by atoms with Crippen LogP contribution in [0.2, 0.25) is 5.02 Å². The van der Waals surface area contributed by atoms with Gasteiger partial charge in [-0.2, -0.15) is 0 Å². The lowest BCUT2D eigenvalue weighted by Crippen LogP contribution is -2.32. The molecule has 1 aromatic carbocycles. The second kappa shape index (κ2) is 7.51. The quantitative estimate of drug-likeness (QED) is 0.870. The molecule has 0 saturated carbocycles. The minimum atomic E-state index is -2.12. The number of hydrogen-bond donors (Lipinski definition) is 1. The first-order valence-electron chi connectivity index (χ1n) is 4.98. The molecule has 0 radical (unpaired) electrons. The van der Waals surface area contributed by atoms with E-state index in [2.05, 4.69) is 4.74 Å². The largest absolute Gasteiger partial charge is 0.464 e. The Balaban J connectivity index is 0.00000289. The fourth-order valence-electron chi connectivity index (χ4n) is 1.30. The molecule has 0 spiro atoms. The average molecular weight is 300 g/mol. The van der Waals surface area contributed by atoms with Gasteiger partial charge in [-0.3, -0.25) is 0 Å². The van der Waals surface area contributed by atoms with Gasteiger partial charge in [-0.05, 0) is 25.1 Å². The van der Waals surface area contributed by atoms with Gasteiger partial charge < -0.3 is 10.5 Å². The van der Waals surface area contributed by atoms with Gasteiger partial charge in [-0.15, -0.1) is 12.4 Å². The summed E-state index contributed by atoms with van der Waals surface area (Å²) in [5, 5.41) is 0.216. The summed E-state index contributed by atoms with van der Waals surface area (Å²) in [6.45, 7) is 1.57. The summed E-state index contributed by atoms with van der Waals surface area (Å²) >= 11 is 5.65. The van der Waals surface area contributed by atoms with E-state index in [9.17, 15) is 13.6 Å². The number of benzene rings is 1. The van der Waals surface area contributed by atoms with Gasteiger partial charge in [0, 0.05) is 10.6 Å². The van der Waals surface area contributed by atoms with Crippen molar-refractivity contribution in [3.8, 4) is 0 Å². The molecule has 0 aromatic heterocycles. The predicted molar refractivity (Wildman–Crippen MR) is 67.1 cm³/mol. The van der Waals surface area contributed by atoms with E-state index in [1.807, 2.05) is 0 Å². The Labute approximate surface area is 115 Å². The minimum Gasteiger partial charge on any atom is -0.464 e. The molecule has 1 unspecified atom stereocenters. The maximum absolute atomic E-state index is 13.6. The van der Waals surface area contributed by atoms with Crippen LogP contribution in [0.1, 0.15) is 18.5 Å². The average Bonchev–Trinajstić information content (AvgIpc) is 2.30. The molecule has 2 N–H and O–H groups in total. The Kier molecular flexibility index (Phi) is 7.13. The molecule has 0 amide bonds. The molecule has 0 bridgehead atoms. The molecule has 18 heavy (non-hydrogen) atoms. The smallest absolute Gasteiger partial charge is 0.342 e. The van der Waals surface area contributed by atoms with Crippen LogP contribution in [0.3, 0.4) is 0 Å². The van der Waals surface area contributed by atoms with E-state index < -0.39 is 24.0 Å². The molecular weight excluding hydrogens is 287 g/mol. The molecule has 0 aliphatic rings. The van der Waals surface area contributed by atoms with Crippen molar-refractivity contribution in [2.75, 3.05) is 6.61 Å². The van der Waals surface area contributed by atoms with Gasteiger partial charge in [0.2, 0.25) is 6.17 Å². The highest BCUT2D eigenvalue weighted by Gasteiger charge is 2.29. The molecule has 102 valence electrons. The zero-order valence-electron chi connectivity index (χ0n) is 9.53. The van der Waals surface area contributed by atoms with Gasteiger partial charge >= 0.3 is 5.97 Å². The lowest BCUT2D eigenvalue weighted by atomic mass is 10.0. The second-order valence-corrected chi connectivity index (χ2v) is 3.78. The van der Waals surface area contributed by atoms with Crippen LogP contribution in [0.15, 0.2) is 18.2 Å². The first-order chi connectivity index (χ1) is 7.97. The molecule has 0 aliphatic heterocycles. The van der Waals surface area contributed by atoms with Crippen LogP contribution in [0.5, 0.6) is 0 Å². The zero-order chi connectivity index (χ0) is 13.0. The van der Waals surface area contributed by atoms with Crippen LogP contribution in [0.4, 0.5) is 8.78 Å². The third-order valence-electron chi connectivity index (χ3n) is 2.14. The van der Waals surface area contributed by atoms with Gasteiger partial charge in [-0.1, -0.05) is 11.6 Å². The Hall–Kier alpha value is -0.910. The van der Waals surface area contributed by atoms with Crippen LogP contribution in [0.25, 0.3) is 0 Å². The maximum atomic E-state index is 13.6. The summed E-state index contributed by atoms with van der Waals surface area (Å²) in [5.74, 6) is -1.83. The summed E-state index contributed by atoms with van der Waals surface area (Å²) in [7, 11) is 0. The van der Waals surface area contributed by atoms with Gasteiger partial charge in [0.05, 0.1) is 12.6 Å². The number of carbonyl (C=O) groups excluding carboxylic acids is 1. The lowest BCUT2D eigenvalue weighted by Gasteiger charge is -2.16. The molecule has 7 heteroatoms. The monoisotopic (exact) mass is 299 g/mol. The summed E-state index contributed by atoms with van der Waals surface area (Å²) in [6, 6.07) is 2.13. The van der Waals surface area contributed by atoms with Crippen LogP contribution in [0, 0.1) is 5.82 Å². The van der Waals surface area contributed by atoms with Gasteiger partial charge in [0.15, 0.2) is 0 Å². The molecule has 0 heterocycles. The summed E-state index contributed by atoms with van der Waals surface area (Å²) in [4.78, 5) is 11.1. The molecule has 3 nitrogen and oxygen atoms in total. The van der Waals surface area contributed by atoms with Crippen LogP contribution in [-0.4, -0.2) is 18.7 Å². The van der Waals surface area contributed by atoms with E-state index in [1.54, 1.807) is 0 Å². The maximum Gasteiger partial charge on any atom is 0.342 e. The highest BCUT2D eigenvalue weighted by Crippen LogP contribution is 2.24. The number of rotatable bonds is 4. The highest BCUT2D eigenvalue weighted by atomic mass is 35.5. The van der Waals surface area contributed by atoms with Crippen molar-refractivity contribution in [1.82, 2.24) is 0 Å². The Morgan fingerprint density at radius 1 is 1.56 bits per heavy atom. The van der Waals surface area contributed by atoms with E-state index in [0.717, 1.165) is 6.07 Å². The number of esters is 1. The van der Waals surface area contributed by atoms with Crippen molar-refractivity contribution in [2.45, 2.75) is 19.1 Å². The van der Waals surface area contributed by atoms with Crippen LogP contribution in [-0.2, 0) is 9.53 Å². The van der Waals surface area contributed by atoms with E-state index >= 15 is 0 Å². The fraction of sp³-hybridized carbons (Fsp3) is 0.364. The molecule has 0 fully saturated rings. The molecule has 0 aliphatic carbocycles. The number of nitrogens with two attached hydrogens (primary N) is 1. The van der Waals surface area contributed by atoms with E-state index in [0.29, 0.717) is 0 Å². The predicted octanol–water partition coefficient (Wildman–Crippen LogP) is 2.80. The van der Waals surface area contributed by atoms with Crippen LogP contribution < -0.4 is 5.73 Å². The van der Waals surface area contributed by atoms with Crippen molar-refractivity contribution in [2.24, 2.45) is 5.73 Å². The Morgan fingerprint density at radius 2 is 2.17 bits per heavy atom. The van der Waals surface area contributed by atoms with Crippen LogP contribution >= 0.6 is 24.0 Å². The van der Waals surface area contributed by atoms with E-state index in [-0.39, 0.29) is 29.6 Å². The first-order valence-corrected chi connectivity index (χ1v) is 5.36. The number of ether oxygens (including phenoxy) is 1. The zero-order valence-corrected chi connectivity index (χ0v) is 11.1. The van der Waals surface area contributed by atoms with Crippen molar-refractivity contribution in [1.29, 1.82) is 0 Å². The van der Waals surface area contributed by atoms with Crippen molar-refractivity contribution >= 4 is 30.0 Å². The van der Waals surface area contributed by atoms with E-state index in [4.69, 9.17) is 17.3 Å². The molecule has 1 aromatic rings. The molecule has 0 saturated heterocycles. The summed E-state index contributed by atoms with van der Waals surface area (Å²) in [5.41, 5.74) is 5.31. The van der Waals surface area contributed by atoms with Crippen molar-refractivity contribution < 1.29 is 18.3 Å². The second-order valence-electron chi connectivity index (χ2n) is 3.35. The third-order valence-corrected chi connectivity index (χ3v) is 2.38. The number of carbonyl (C=O) groups is 1. The first kappa shape index (κ1) is 17.1. The molecule has 1 rings (SSSR count). The van der Waals surface area contributed by atoms with Gasteiger partial charge in [0.25, 0.3) is 0 Å². The minimum absolute atomic E-state index is 0. The molecular formula is C11H13Cl2F2NO2. The topological polar surface area (TPSA) is 52.3 Å². The SMILES string of the molecule is CCOC(=O)C(F)[C@@H](N)c1cc(Cl)ccc1F.Cl. The number of hydrogen-bond acceptors (Lipinski definition) is 3. The third kappa shape index (κ3) is 4.08. The van der Waals surface area contributed by atoms with Crippen molar-refractivity contribution in [3.63, 3.8) is 0 Å². The summed E-state index contributed by atoms with van der Waals surface area (Å²) < 4.78 is 31.4. The molecule has 2 atom stereocenters. The fourth-order valence-corrected chi connectivity index (χ4v) is 1.48. The van der Waals surface area contributed by atoms with E-state index in [1.165, 1.54) is 19.1 Å². The van der Waals surface area contributed by atoms with Crippen molar-refractivity contribution in [3.05, 3.63) is 34.6 Å².